The van der Waals surface area contributed by atoms with E-state index in [4.69, 9.17) is 9.47 Å². The summed E-state index contributed by atoms with van der Waals surface area (Å²) in [5, 5.41) is 13.3. The molecule has 0 radical (unpaired) electrons. The number of nitrogens with zero attached hydrogens (tertiary/aromatic N) is 1. The number of benzene rings is 2. The van der Waals surface area contributed by atoms with E-state index in [1.807, 2.05) is 30.3 Å². The Morgan fingerprint density at radius 3 is 2.61 bits per heavy atom. The zero-order chi connectivity index (χ0) is 16.8. The van der Waals surface area contributed by atoms with Gasteiger partial charge in [0.05, 0.1) is 22.6 Å². The van der Waals surface area contributed by atoms with Crippen LogP contribution in [0.2, 0.25) is 0 Å². The van der Waals surface area contributed by atoms with E-state index in [1.165, 1.54) is 19.2 Å². The number of amides is 1. The fourth-order valence-electron chi connectivity index (χ4n) is 1.82. The molecule has 0 spiro atoms. The second kappa shape index (κ2) is 7.59. The summed E-state index contributed by atoms with van der Waals surface area (Å²) >= 11 is 3.18. The van der Waals surface area contributed by atoms with E-state index in [9.17, 15) is 14.9 Å². The molecule has 1 amide bonds. The summed E-state index contributed by atoms with van der Waals surface area (Å²) in [6, 6.07) is 11.7. The fraction of sp³-hybridized carbons (Fsp3) is 0.133. The second-order valence-corrected chi connectivity index (χ2v) is 5.30. The van der Waals surface area contributed by atoms with Gasteiger partial charge in [0.2, 0.25) is 0 Å². The number of non-ortho nitro benzene ring substituents is 1. The van der Waals surface area contributed by atoms with Gasteiger partial charge in [-0.25, -0.2) is 4.79 Å². The van der Waals surface area contributed by atoms with Crippen molar-refractivity contribution in [3.8, 4) is 5.75 Å². The number of nitro groups is 1. The van der Waals surface area contributed by atoms with Gasteiger partial charge < -0.3 is 9.47 Å². The molecule has 2 aromatic rings. The van der Waals surface area contributed by atoms with Gasteiger partial charge in [-0.3, -0.25) is 15.4 Å². The summed E-state index contributed by atoms with van der Waals surface area (Å²) in [5.74, 6) is 0.155. The lowest BCUT2D eigenvalue weighted by Crippen LogP contribution is -2.14. The minimum absolute atomic E-state index is 0.111. The summed E-state index contributed by atoms with van der Waals surface area (Å²) in [6.45, 7) is 0.111. The summed E-state index contributed by atoms with van der Waals surface area (Å²) in [4.78, 5) is 22.2. The predicted molar refractivity (Wildman–Crippen MR) is 87.6 cm³/mol. The van der Waals surface area contributed by atoms with Crippen molar-refractivity contribution in [3.63, 3.8) is 0 Å². The fourth-order valence-corrected chi connectivity index (χ4v) is 2.35. The highest BCUT2D eigenvalue weighted by Crippen LogP contribution is 2.37. The SMILES string of the molecule is COc1cc([N+](=O)[O-])cc(Br)c1NC(=O)OCc1ccccc1. The molecule has 120 valence electrons. The minimum atomic E-state index is -0.693. The third kappa shape index (κ3) is 4.43. The van der Waals surface area contributed by atoms with E-state index in [0.717, 1.165) is 5.56 Å². The average molecular weight is 381 g/mol. The van der Waals surface area contributed by atoms with E-state index in [2.05, 4.69) is 21.2 Å². The van der Waals surface area contributed by atoms with Crippen LogP contribution in [-0.2, 0) is 11.3 Å². The zero-order valence-electron chi connectivity index (χ0n) is 12.1. The van der Waals surface area contributed by atoms with Crippen molar-refractivity contribution in [2.75, 3.05) is 12.4 Å². The van der Waals surface area contributed by atoms with Gasteiger partial charge in [-0.15, -0.1) is 0 Å². The lowest BCUT2D eigenvalue weighted by Gasteiger charge is -2.12. The molecule has 0 aliphatic heterocycles. The molecule has 0 bridgehead atoms. The average Bonchev–Trinajstić information content (AvgIpc) is 2.55. The van der Waals surface area contributed by atoms with Crippen LogP contribution in [-0.4, -0.2) is 18.1 Å². The van der Waals surface area contributed by atoms with Crippen LogP contribution in [0.25, 0.3) is 0 Å². The molecule has 0 fully saturated rings. The van der Waals surface area contributed by atoms with Gasteiger partial charge in [0, 0.05) is 6.07 Å². The molecule has 0 heterocycles. The van der Waals surface area contributed by atoms with Crippen molar-refractivity contribution in [3.05, 3.63) is 62.6 Å². The van der Waals surface area contributed by atoms with Crippen molar-refractivity contribution in [1.29, 1.82) is 0 Å². The monoisotopic (exact) mass is 380 g/mol. The molecule has 0 saturated carbocycles. The molecule has 2 aromatic carbocycles. The molecule has 0 aliphatic carbocycles. The Morgan fingerprint density at radius 1 is 1.30 bits per heavy atom. The highest BCUT2D eigenvalue weighted by Gasteiger charge is 2.18. The summed E-state index contributed by atoms with van der Waals surface area (Å²) in [7, 11) is 1.35. The molecular formula is C15H13BrN2O5. The first-order valence-electron chi connectivity index (χ1n) is 6.51. The van der Waals surface area contributed by atoms with Gasteiger partial charge in [0.1, 0.15) is 12.3 Å². The maximum Gasteiger partial charge on any atom is 0.412 e. The number of rotatable bonds is 5. The maximum atomic E-state index is 11.9. The number of anilines is 1. The van der Waals surface area contributed by atoms with E-state index >= 15 is 0 Å². The van der Waals surface area contributed by atoms with Crippen LogP contribution < -0.4 is 10.1 Å². The molecule has 0 aliphatic rings. The number of halogens is 1. The molecule has 8 heteroatoms. The van der Waals surface area contributed by atoms with E-state index in [0.29, 0.717) is 4.47 Å². The first-order valence-corrected chi connectivity index (χ1v) is 7.30. The van der Waals surface area contributed by atoms with Crippen molar-refractivity contribution in [2.24, 2.45) is 0 Å². The Kier molecular flexibility index (Phi) is 5.53. The van der Waals surface area contributed by atoms with Crippen molar-refractivity contribution in [1.82, 2.24) is 0 Å². The number of carbonyl (C=O) groups is 1. The Hall–Kier alpha value is -2.61. The van der Waals surface area contributed by atoms with Crippen molar-refractivity contribution < 1.29 is 19.2 Å². The van der Waals surface area contributed by atoms with Crippen LogP contribution in [0.1, 0.15) is 5.56 Å². The van der Waals surface area contributed by atoms with E-state index < -0.39 is 11.0 Å². The van der Waals surface area contributed by atoms with Gasteiger partial charge in [-0.2, -0.15) is 0 Å². The Morgan fingerprint density at radius 2 is 2.00 bits per heavy atom. The molecule has 23 heavy (non-hydrogen) atoms. The first-order chi connectivity index (χ1) is 11.0. The van der Waals surface area contributed by atoms with Crippen molar-refractivity contribution in [2.45, 2.75) is 6.61 Å². The number of hydrogen-bond acceptors (Lipinski definition) is 5. The number of ether oxygens (including phenoxy) is 2. The standard InChI is InChI=1S/C15H13BrN2O5/c1-22-13-8-11(18(20)21)7-12(16)14(13)17-15(19)23-9-10-5-3-2-4-6-10/h2-8H,9H2,1H3,(H,17,19). The van der Waals surface area contributed by atoms with Gasteiger partial charge in [-0.1, -0.05) is 30.3 Å². The topological polar surface area (TPSA) is 90.7 Å². The third-order valence-corrected chi connectivity index (χ3v) is 3.53. The number of nitro benzene ring substituents is 1. The number of carbonyl (C=O) groups excluding carboxylic acids is 1. The highest BCUT2D eigenvalue weighted by atomic mass is 79.9. The number of hydrogen-bond donors (Lipinski definition) is 1. The van der Waals surface area contributed by atoms with E-state index in [-0.39, 0.29) is 23.7 Å². The molecule has 0 unspecified atom stereocenters. The molecule has 2 rings (SSSR count). The van der Waals surface area contributed by atoms with Gasteiger partial charge in [-0.05, 0) is 21.5 Å². The van der Waals surface area contributed by atoms with Crippen LogP contribution >= 0.6 is 15.9 Å². The Balaban J connectivity index is 2.09. The predicted octanol–water partition coefficient (Wildman–Crippen LogP) is 4.11. The first kappa shape index (κ1) is 16.8. The van der Waals surface area contributed by atoms with E-state index in [1.54, 1.807) is 0 Å². The molecule has 0 saturated heterocycles. The third-order valence-electron chi connectivity index (χ3n) is 2.91. The van der Waals surface area contributed by atoms with Crippen LogP contribution in [0.4, 0.5) is 16.2 Å². The van der Waals surface area contributed by atoms with Crippen LogP contribution in [0, 0.1) is 10.1 Å². The van der Waals surface area contributed by atoms with Gasteiger partial charge >= 0.3 is 6.09 Å². The van der Waals surface area contributed by atoms with Crippen LogP contribution in [0.15, 0.2) is 46.9 Å². The zero-order valence-corrected chi connectivity index (χ0v) is 13.7. The summed E-state index contributed by atoms with van der Waals surface area (Å²) in [5.41, 5.74) is 0.950. The lowest BCUT2D eigenvalue weighted by molar-refractivity contribution is -0.385. The number of methoxy groups -OCH3 is 1. The molecule has 0 aromatic heterocycles. The molecule has 0 atom stereocenters. The minimum Gasteiger partial charge on any atom is -0.494 e. The Labute approximate surface area is 140 Å². The van der Waals surface area contributed by atoms with Crippen molar-refractivity contribution >= 4 is 33.4 Å². The Bertz CT molecular complexity index is 721. The van der Waals surface area contributed by atoms with Gasteiger partial charge in [0.25, 0.3) is 5.69 Å². The molecule has 7 nitrogen and oxygen atoms in total. The number of nitrogens with one attached hydrogen (secondary N) is 1. The summed E-state index contributed by atoms with van der Waals surface area (Å²) < 4.78 is 10.5. The molecule has 1 N–H and O–H groups in total. The maximum absolute atomic E-state index is 11.9. The highest BCUT2D eigenvalue weighted by molar-refractivity contribution is 9.10. The van der Waals surface area contributed by atoms with Crippen LogP contribution in [0.5, 0.6) is 5.75 Å². The molecular weight excluding hydrogens is 368 g/mol. The normalized spacial score (nSPS) is 10.0. The lowest BCUT2D eigenvalue weighted by atomic mass is 10.2. The summed E-state index contributed by atoms with van der Waals surface area (Å²) in [6.07, 6.45) is -0.693. The quantitative estimate of drug-likeness (QED) is 0.622. The van der Waals surface area contributed by atoms with Gasteiger partial charge in [0.15, 0.2) is 5.75 Å². The second-order valence-electron chi connectivity index (χ2n) is 4.45. The smallest absolute Gasteiger partial charge is 0.412 e. The largest absolute Gasteiger partial charge is 0.494 e. The van der Waals surface area contributed by atoms with Crippen LogP contribution in [0.3, 0.4) is 0 Å².